The fourth-order valence-corrected chi connectivity index (χ4v) is 1.84. The van der Waals surface area contributed by atoms with Crippen LogP contribution in [0.15, 0.2) is 34.9 Å². The lowest BCUT2D eigenvalue weighted by Gasteiger charge is -2.12. The van der Waals surface area contributed by atoms with Gasteiger partial charge in [0.1, 0.15) is 11.5 Å². The molecule has 0 saturated heterocycles. The van der Waals surface area contributed by atoms with Crippen LogP contribution < -0.4 is 14.8 Å². The molecule has 1 N–H and O–H groups in total. The molecule has 0 bridgehead atoms. The van der Waals surface area contributed by atoms with Crippen molar-refractivity contribution < 1.29 is 13.9 Å². The number of hydrogen-bond donors (Lipinski definition) is 1. The van der Waals surface area contributed by atoms with E-state index in [1.165, 1.54) is 19.4 Å². The van der Waals surface area contributed by atoms with Crippen LogP contribution in [-0.2, 0) is 0 Å². The van der Waals surface area contributed by atoms with Crippen molar-refractivity contribution in [2.24, 2.45) is 0 Å². The van der Waals surface area contributed by atoms with E-state index in [9.17, 15) is 4.39 Å². The smallest absolute Gasteiger partial charge is 0.166 e. The summed E-state index contributed by atoms with van der Waals surface area (Å²) in [6, 6.07) is 6.53. The van der Waals surface area contributed by atoms with Gasteiger partial charge in [0.2, 0.25) is 0 Å². The second-order valence-corrected chi connectivity index (χ2v) is 4.59. The van der Waals surface area contributed by atoms with Crippen molar-refractivity contribution in [2.75, 3.05) is 19.5 Å². The molecule has 4 nitrogen and oxygen atoms in total. The van der Waals surface area contributed by atoms with Crippen molar-refractivity contribution in [3.8, 4) is 11.5 Å². The Balaban J connectivity index is 2.32. The molecule has 0 radical (unpaired) electrons. The van der Waals surface area contributed by atoms with E-state index in [1.807, 2.05) is 0 Å². The van der Waals surface area contributed by atoms with Crippen molar-refractivity contribution >= 4 is 27.4 Å². The van der Waals surface area contributed by atoms with Crippen LogP contribution in [0.5, 0.6) is 11.5 Å². The summed E-state index contributed by atoms with van der Waals surface area (Å²) in [6.07, 6.45) is 1.52. The van der Waals surface area contributed by atoms with Gasteiger partial charge >= 0.3 is 0 Å². The van der Waals surface area contributed by atoms with Crippen LogP contribution >= 0.6 is 15.9 Å². The quantitative estimate of drug-likeness (QED) is 0.929. The number of anilines is 2. The maximum absolute atomic E-state index is 13.7. The van der Waals surface area contributed by atoms with Crippen LogP contribution in [0.4, 0.5) is 15.9 Å². The minimum absolute atomic E-state index is 0.131. The van der Waals surface area contributed by atoms with Gasteiger partial charge in [-0.25, -0.2) is 9.37 Å². The molecule has 0 unspecified atom stereocenters. The average Bonchev–Trinajstić information content (AvgIpc) is 2.42. The molecule has 0 aliphatic heterocycles. The van der Waals surface area contributed by atoms with Gasteiger partial charge in [-0.1, -0.05) is 0 Å². The molecule has 0 atom stereocenters. The summed E-state index contributed by atoms with van der Waals surface area (Å²) in [6.45, 7) is 0. The number of methoxy groups -OCH3 is 2. The summed E-state index contributed by atoms with van der Waals surface area (Å²) in [5.74, 6) is 0.883. The Bertz CT molecular complexity index is 593. The predicted octanol–water partition coefficient (Wildman–Crippen LogP) is 3.74. The first-order chi connectivity index (χ1) is 9.13. The van der Waals surface area contributed by atoms with E-state index in [-0.39, 0.29) is 5.82 Å². The van der Waals surface area contributed by atoms with Crippen LogP contribution in [-0.4, -0.2) is 19.2 Å². The fraction of sp³-hybridized carbons (Fsp3) is 0.154. The molecule has 0 amide bonds. The van der Waals surface area contributed by atoms with E-state index < -0.39 is 5.82 Å². The number of rotatable bonds is 4. The van der Waals surface area contributed by atoms with E-state index in [1.54, 1.807) is 25.3 Å². The highest BCUT2D eigenvalue weighted by Crippen LogP contribution is 2.31. The van der Waals surface area contributed by atoms with Crippen LogP contribution in [0.2, 0.25) is 0 Å². The number of nitrogens with zero attached hydrogens (tertiary/aromatic N) is 1. The van der Waals surface area contributed by atoms with Crippen LogP contribution in [0.25, 0.3) is 0 Å². The molecule has 2 aromatic rings. The molecular formula is C13H12BrFN2O2. The molecule has 0 aliphatic rings. The highest BCUT2D eigenvalue weighted by Gasteiger charge is 2.09. The third-order valence-corrected chi connectivity index (χ3v) is 2.90. The Morgan fingerprint density at radius 3 is 2.63 bits per heavy atom. The van der Waals surface area contributed by atoms with Crippen LogP contribution in [0, 0.1) is 5.82 Å². The highest BCUT2D eigenvalue weighted by atomic mass is 79.9. The fourth-order valence-electron chi connectivity index (χ4n) is 1.54. The number of halogens is 2. The first kappa shape index (κ1) is 13.6. The van der Waals surface area contributed by atoms with Crippen molar-refractivity contribution in [3.63, 3.8) is 0 Å². The summed E-state index contributed by atoms with van der Waals surface area (Å²) >= 11 is 3.16. The molecule has 1 aromatic heterocycles. The molecular weight excluding hydrogens is 315 g/mol. The minimum Gasteiger partial charge on any atom is -0.497 e. The second-order valence-electron chi connectivity index (χ2n) is 3.68. The zero-order chi connectivity index (χ0) is 13.8. The van der Waals surface area contributed by atoms with E-state index in [4.69, 9.17) is 9.47 Å². The van der Waals surface area contributed by atoms with Crippen LogP contribution in [0.1, 0.15) is 0 Å². The molecule has 100 valence electrons. The Hall–Kier alpha value is -1.82. The van der Waals surface area contributed by atoms with Gasteiger partial charge in [-0.05, 0) is 34.1 Å². The summed E-state index contributed by atoms with van der Waals surface area (Å²) in [5.41, 5.74) is 0.608. The molecule has 0 aliphatic carbocycles. The predicted molar refractivity (Wildman–Crippen MR) is 74.7 cm³/mol. The van der Waals surface area contributed by atoms with Gasteiger partial charge in [-0.3, -0.25) is 0 Å². The topological polar surface area (TPSA) is 43.4 Å². The summed E-state index contributed by atoms with van der Waals surface area (Å²) in [7, 11) is 3.10. The Morgan fingerprint density at radius 1 is 1.21 bits per heavy atom. The monoisotopic (exact) mass is 326 g/mol. The van der Waals surface area contributed by atoms with E-state index in [0.29, 0.717) is 21.7 Å². The van der Waals surface area contributed by atoms with E-state index in [2.05, 4.69) is 26.2 Å². The number of hydrogen-bond acceptors (Lipinski definition) is 4. The Kier molecular flexibility index (Phi) is 4.21. The van der Waals surface area contributed by atoms with E-state index >= 15 is 0 Å². The molecule has 1 aromatic carbocycles. The van der Waals surface area contributed by atoms with Crippen molar-refractivity contribution in [2.45, 2.75) is 0 Å². The molecule has 0 fully saturated rings. The zero-order valence-corrected chi connectivity index (χ0v) is 12.0. The molecule has 1 heterocycles. The van der Waals surface area contributed by atoms with Crippen molar-refractivity contribution in [1.29, 1.82) is 0 Å². The van der Waals surface area contributed by atoms with E-state index in [0.717, 1.165) is 0 Å². The standard InChI is InChI=1S/C13H12BrFN2O2/c1-18-9-3-4-11(12(6-9)19-2)17-13-10(15)5-8(14)7-16-13/h3-7H,1-2H3,(H,16,17). The van der Waals surface area contributed by atoms with Gasteiger partial charge in [0.15, 0.2) is 11.6 Å². The Labute approximate surface area is 118 Å². The number of benzene rings is 1. The lowest BCUT2D eigenvalue weighted by molar-refractivity contribution is 0.395. The van der Waals surface area contributed by atoms with Gasteiger partial charge in [-0.15, -0.1) is 0 Å². The first-order valence-electron chi connectivity index (χ1n) is 5.44. The number of nitrogens with one attached hydrogen (secondary N) is 1. The van der Waals surface area contributed by atoms with Gasteiger partial charge < -0.3 is 14.8 Å². The lowest BCUT2D eigenvalue weighted by atomic mass is 10.2. The Morgan fingerprint density at radius 2 is 2.00 bits per heavy atom. The molecule has 6 heteroatoms. The summed E-state index contributed by atoms with van der Waals surface area (Å²) < 4.78 is 24.6. The van der Waals surface area contributed by atoms with Gasteiger partial charge in [-0.2, -0.15) is 0 Å². The largest absolute Gasteiger partial charge is 0.497 e. The number of aromatic nitrogens is 1. The van der Waals surface area contributed by atoms with Gasteiger partial charge in [0, 0.05) is 16.7 Å². The first-order valence-corrected chi connectivity index (χ1v) is 6.23. The maximum Gasteiger partial charge on any atom is 0.166 e. The van der Waals surface area contributed by atoms with Gasteiger partial charge in [0.05, 0.1) is 19.9 Å². The zero-order valence-electron chi connectivity index (χ0n) is 10.4. The summed E-state index contributed by atoms with van der Waals surface area (Å²) in [4.78, 5) is 3.97. The summed E-state index contributed by atoms with van der Waals surface area (Å²) in [5, 5.41) is 2.88. The average molecular weight is 327 g/mol. The van der Waals surface area contributed by atoms with Crippen molar-refractivity contribution in [3.05, 3.63) is 40.8 Å². The van der Waals surface area contributed by atoms with Gasteiger partial charge in [0.25, 0.3) is 0 Å². The van der Waals surface area contributed by atoms with Crippen LogP contribution in [0.3, 0.4) is 0 Å². The SMILES string of the molecule is COc1ccc(Nc2ncc(Br)cc2F)c(OC)c1. The maximum atomic E-state index is 13.7. The minimum atomic E-state index is -0.452. The third kappa shape index (κ3) is 3.14. The molecule has 0 spiro atoms. The van der Waals surface area contributed by atoms with Crippen molar-refractivity contribution in [1.82, 2.24) is 4.98 Å². The molecule has 19 heavy (non-hydrogen) atoms. The normalized spacial score (nSPS) is 10.1. The molecule has 0 saturated carbocycles. The number of pyridine rings is 1. The second kappa shape index (κ2) is 5.88. The third-order valence-electron chi connectivity index (χ3n) is 2.47. The lowest BCUT2D eigenvalue weighted by Crippen LogP contribution is -1.99. The molecule has 2 rings (SSSR count). The number of ether oxygens (including phenoxy) is 2. The highest BCUT2D eigenvalue weighted by molar-refractivity contribution is 9.10.